The molecule has 0 saturated carbocycles. The molecule has 5 nitrogen and oxygen atoms in total. The van der Waals surface area contributed by atoms with Crippen molar-refractivity contribution in [1.29, 1.82) is 0 Å². The molecule has 0 spiro atoms. The number of ether oxygens (including phenoxy) is 1. The van der Waals surface area contributed by atoms with Crippen LogP contribution in [0.2, 0.25) is 0 Å². The average Bonchev–Trinajstić information content (AvgIpc) is 2.18. The van der Waals surface area contributed by atoms with E-state index >= 15 is 0 Å². The van der Waals surface area contributed by atoms with Crippen LogP contribution in [0, 0.1) is 5.92 Å². The van der Waals surface area contributed by atoms with Gasteiger partial charge in [-0.3, -0.25) is 0 Å². The third-order valence-corrected chi connectivity index (χ3v) is 1.87. The van der Waals surface area contributed by atoms with Crippen molar-refractivity contribution in [3.63, 3.8) is 0 Å². The summed E-state index contributed by atoms with van der Waals surface area (Å²) in [6, 6.07) is 0. The molecule has 0 aliphatic rings. The van der Waals surface area contributed by atoms with Crippen molar-refractivity contribution in [2.75, 3.05) is 17.6 Å². The van der Waals surface area contributed by atoms with E-state index in [0.29, 0.717) is 23.3 Å². The average molecular weight is 224 g/mol. The van der Waals surface area contributed by atoms with Gasteiger partial charge in [0, 0.05) is 6.54 Å². The fourth-order valence-corrected chi connectivity index (χ4v) is 1.14. The van der Waals surface area contributed by atoms with E-state index < -0.39 is 0 Å². The Labute approximate surface area is 96.4 Å². The number of hydrogen-bond acceptors (Lipinski definition) is 5. The number of aromatic nitrogens is 2. The molecule has 0 atom stereocenters. The molecule has 16 heavy (non-hydrogen) atoms. The lowest BCUT2D eigenvalue weighted by molar-refractivity contribution is 0.234. The van der Waals surface area contributed by atoms with Crippen LogP contribution >= 0.6 is 0 Å². The molecular weight excluding hydrogens is 204 g/mol. The van der Waals surface area contributed by atoms with E-state index in [4.69, 9.17) is 10.5 Å². The Balaban J connectivity index is 2.78. The quantitative estimate of drug-likeness (QED) is 0.799. The molecule has 1 rings (SSSR count). The molecule has 0 radical (unpaired) electrons. The van der Waals surface area contributed by atoms with Crippen LogP contribution in [0.15, 0.2) is 6.33 Å². The monoisotopic (exact) mass is 224 g/mol. The SMILES string of the molecule is CC(C)CNc1ncnc(OC(C)C)c1N. The van der Waals surface area contributed by atoms with Gasteiger partial charge in [0.2, 0.25) is 5.88 Å². The van der Waals surface area contributed by atoms with Crippen molar-refractivity contribution in [3.8, 4) is 5.88 Å². The second-order valence-corrected chi connectivity index (χ2v) is 4.38. The second-order valence-electron chi connectivity index (χ2n) is 4.38. The number of anilines is 2. The zero-order chi connectivity index (χ0) is 12.1. The summed E-state index contributed by atoms with van der Waals surface area (Å²) in [6.45, 7) is 8.93. The van der Waals surface area contributed by atoms with Crippen molar-refractivity contribution in [3.05, 3.63) is 6.33 Å². The van der Waals surface area contributed by atoms with E-state index in [1.807, 2.05) is 13.8 Å². The van der Waals surface area contributed by atoms with Gasteiger partial charge in [-0.2, -0.15) is 4.98 Å². The molecule has 0 aliphatic heterocycles. The van der Waals surface area contributed by atoms with Crippen LogP contribution in [0.25, 0.3) is 0 Å². The third-order valence-electron chi connectivity index (χ3n) is 1.87. The molecule has 0 aromatic carbocycles. The highest BCUT2D eigenvalue weighted by Gasteiger charge is 2.10. The molecule has 0 amide bonds. The van der Waals surface area contributed by atoms with E-state index in [9.17, 15) is 0 Å². The van der Waals surface area contributed by atoms with Gasteiger partial charge < -0.3 is 15.8 Å². The molecule has 5 heteroatoms. The highest BCUT2D eigenvalue weighted by atomic mass is 16.5. The maximum absolute atomic E-state index is 5.91. The van der Waals surface area contributed by atoms with Crippen molar-refractivity contribution in [1.82, 2.24) is 9.97 Å². The molecule has 3 N–H and O–H groups in total. The molecular formula is C11H20N4O. The van der Waals surface area contributed by atoms with Crippen LogP contribution in [0.4, 0.5) is 11.5 Å². The lowest BCUT2D eigenvalue weighted by atomic mass is 10.2. The normalized spacial score (nSPS) is 10.9. The highest BCUT2D eigenvalue weighted by molar-refractivity contribution is 5.66. The van der Waals surface area contributed by atoms with E-state index in [1.165, 1.54) is 6.33 Å². The van der Waals surface area contributed by atoms with Crippen LogP contribution < -0.4 is 15.8 Å². The molecule has 1 aromatic heterocycles. The van der Waals surface area contributed by atoms with Crippen LogP contribution in [0.3, 0.4) is 0 Å². The third kappa shape index (κ3) is 3.56. The summed E-state index contributed by atoms with van der Waals surface area (Å²) in [7, 11) is 0. The summed E-state index contributed by atoms with van der Waals surface area (Å²) in [4.78, 5) is 8.10. The van der Waals surface area contributed by atoms with Crippen molar-refractivity contribution in [2.45, 2.75) is 33.8 Å². The molecule has 90 valence electrons. The van der Waals surface area contributed by atoms with Gasteiger partial charge in [0.15, 0.2) is 5.82 Å². The van der Waals surface area contributed by atoms with Gasteiger partial charge >= 0.3 is 0 Å². The second kappa shape index (κ2) is 5.53. The topological polar surface area (TPSA) is 73.1 Å². The summed E-state index contributed by atoms with van der Waals surface area (Å²) in [5, 5.41) is 3.17. The highest BCUT2D eigenvalue weighted by Crippen LogP contribution is 2.25. The smallest absolute Gasteiger partial charge is 0.242 e. The number of nitrogens with one attached hydrogen (secondary N) is 1. The predicted molar refractivity (Wildman–Crippen MR) is 65.5 cm³/mol. The van der Waals surface area contributed by atoms with E-state index in [-0.39, 0.29) is 6.10 Å². The Morgan fingerprint density at radius 1 is 1.31 bits per heavy atom. The van der Waals surface area contributed by atoms with Gasteiger partial charge in [-0.05, 0) is 19.8 Å². The summed E-state index contributed by atoms with van der Waals surface area (Å²) in [5.74, 6) is 1.61. The number of hydrogen-bond donors (Lipinski definition) is 2. The van der Waals surface area contributed by atoms with Gasteiger partial charge in [-0.25, -0.2) is 4.98 Å². The van der Waals surface area contributed by atoms with Gasteiger partial charge in [0.1, 0.15) is 12.0 Å². The zero-order valence-electron chi connectivity index (χ0n) is 10.3. The minimum atomic E-state index is 0.0511. The Hall–Kier alpha value is -1.52. The first-order chi connectivity index (χ1) is 7.50. The molecule has 0 bridgehead atoms. The molecule has 0 unspecified atom stereocenters. The predicted octanol–water partition coefficient (Wildman–Crippen LogP) is 1.91. The Kier molecular flexibility index (Phi) is 4.34. The fourth-order valence-electron chi connectivity index (χ4n) is 1.14. The minimum Gasteiger partial charge on any atom is -0.473 e. The lowest BCUT2D eigenvalue weighted by Crippen LogP contribution is -2.14. The van der Waals surface area contributed by atoms with Crippen molar-refractivity contribution >= 4 is 11.5 Å². The van der Waals surface area contributed by atoms with Crippen molar-refractivity contribution < 1.29 is 4.74 Å². The number of rotatable bonds is 5. The number of nitrogens with zero attached hydrogens (tertiary/aromatic N) is 2. The first-order valence-electron chi connectivity index (χ1n) is 5.51. The maximum Gasteiger partial charge on any atom is 0.242 e. The Morgan fingerprint density at radius 2 is 2.00 bits per heavy atom. The zero-order valence-corrected chi connectivity index (χ0v) is 10.3. The van der Waals surface area contributed by atoms with E-state index in [2.05, 4.69) is 29.1 Å². The van der Waals surface area contributed by atoms with Crippen LogP contribution in [0.5, 0.6) is 5.88 Å². The summed E-state index contributed by atoms with van der Waals surface area (Å²) in [6.07, 6.45) is 1.51. The Bertz CT molecular complexity index is 339. The summed E-state index contributed by atoms with van der Waals surface area (Å²) < 4.78 is 5.48. The standard InChI is InChI=1S/C11H20N4O/c1-7(2)5-13-10-9(12)11(15-6-14-10)16-8(3)4/h6-8H,5,12H2,1-4H3,(H,13,14,15). The minimum absolute atomic E-state index is 0.0511. The largest absolute Gasteiger partial charge is 0.473 e. The summed E-state index contributed by atoms with van der Waals surface area (Å²) >= 11 is 0. The fraction of sp³-hybridized carbons (Fsp3) is 0.636. The molecule has 1 aromatic rings. The van der Waals surface area contributed by atoms with Gasteiger partial charge in [0.05, 0.1) is 6.10 Å². The van der Waals surface area contributed by atoms with Crippen LogP contribution in [0.1, 0.15) is 27.7 Å². The van der Waals surface area contributed by atoms with E-state index in [1.54, 1.807) is 0 Å². The van der Waals surface area contributed by atoms with Crippen LogP contribution in [-0.4, -0.2) is 22.6 Å². The first-order valence-corrected chi connectivity index (χ1v) is 5.51. The molecule has 1 heterocycles. The first kappa shape index (κ1) is 12.5. The summed E-state index contributed by atoms with van der Waals surface area (Å²) in [5.41, 5.74) is 6.37. The lowest BCUT2D eigenvalue weighted by Gasteiger charge is -2.14. The molecule has 0 fully saturated rings. The van der Waals surface area contributed by atoms with Crippen LogP contribution in [-0.2, 0) is 0 Å². The number of nitrogens with two attached hydrogens (primary N) is 1. The number of nitrogen functional groups attached to an aromatic ring is 1. The molecule has 0 aliphatic carbocycles. The van der Waals surface area contributed by atoms with Gasteiger partial charge in [-0.1, -0.05) is 13.8 Å². The molecule has 0 saturated heterocycles. The van der Waals surface area contributed by atoms with E-state index in [0.717, 1.165) is 6.54 Å². The maximum atomic E-state index is 5.91. The van der Waals surface area contributed by atoms with Gasteiger partial charge in [-0.15, -0.1) is 0 Å². The Morgan fingerprint density at radius 3 is 2.56 bits per heavy atom. The van der Waals surface area contributed by atoms with Gasteiger partial charge in [0.25, 0.3) is 0 Å². The van der Waals surface area contributed by atoms with Crippen molar-refractivity contribution in [2.24, 2.45) is 5.92 Å².